The molecule has 0 aliphatic heterocycles. The van der Waals surface area contributed by atoms with Gasteiger partial charge in [-0.15, -0.1) is 0 Å². The lowest BCUT2D eigenvalue weighted by Crippen LogP contribution is -2.28. The standard InChI is InChI=1S/C15H23NO4S/c1-12(17)13-6-8-15(9-7-13)21(18,19)16-10-11-20-14-4-2-3-5-14/h6-9,12,14,16-17H,2-5,10-11H2,1H3. The molecule has 0 amide bonds. The van der Waals surface area contributed by atoms with Crippen LogP contribution < -0.4 is 4.72 Å². The van der Waals surface area contributed by atoms with Crippen LogP contribution >= 0.6 is 0 Å². The van der Waals surface area contributed by atoms with Crippen LogP contribution in [-0.4, -0.2) is 32.8 Å². The maximum absolute atomic E-state index is 12.1. The highest BCUT2D eigenvalue weighted by molar-refractivity contribution is 7.89. The van der Waals surface area contributed by atoms with Gasteiger partial charge in [-0.25, -0.2) is 13.1 Å². The average Bonchev–Trinajstić information content (AvgIpc) is 2.97. The van der Waals surface area contributed by atoms with Crippen LogP contribution in [0.2, 0.25) is 0 Å². The van der Waals surface area contributed by atoms with Gasteiger partial charge in [0.15, 0.2) is 0 Å². The normalized spacial score (nSPS) is 18.0. The first kappa shape index (κ1) is 16.4. The van der Waals surface area contributed by atoms with Gasteiger partial charge in [0.05, 0.1) is 23.7 Å². The van der Waals surface area contributed by atoms with Gasteiger partial charge < -0.3 is 9.84 Å². The quantitative estimate of drug-likeness (QED) is 0.755. The minimum Gasteiger partial charge on any atom is -0.389 e. The fraction of sp³-hybridized carbons (Fsp3) is 0.600. The fourth-order valence-corrected chi connectivity index (χ4v) is 3.48. The lowest BCUT2D eigenvalue weighted by Gasteiger charge is -2.12. The Bertz CT molecular complexity index is 533. The molecule has 2 rings (SSSR count). The number of rotatable bonds is 7. The lowest BCUT2D eigenvalue weighted by atomic mass is 10.1. The predicted molar refractivity (Wildman–Crippen MR) is 80.5 cm³/mol. The highest BCUT2D eigenvalue weighted by atomic mass is 32.2. The number of benzene rings is 1. The van der Waals surface area contributed by atoms with Gasteiger partial charge in [-0.1, -0.05) is 25.0 Å². The molecule has 1 aromatic carbocycles. The van der Waals surface area contributed by atoms with E-state index < -0.39 is 16.1 Å². The van der Waals surface area contributed by atoms with E-state index in [1.807, 2.05) is 0 Å². The minimum absolute atomic E-state index is 0.202. The SMILES string of the molecule is CC(O)c1ccc(S(=O)(=O)NCCOC2CCCC2)cc1. The number of aliphatic hydroxyl groups excluding tert-OH is 1. The van der Waals surface area contributed by atoms with Crippen LogP contribution in [-0.2, 0) is 14.8 Å². The van der Waals surface area contributed by atoms with E-state index in [-0.39, 0.29) is 11.4 Å². The number of ether oxygens (including phenoxy) is 1. The van der Waals surface area contributed by atoms with Gasteiger partial charge >= 0.3 is 0 Å². The summed E-state index contributed by atoms with van der Waals surface area (Å²) < 4.78 is 32.3. The van der Waals surface area contributed by atoms with Crippen molar-refractivity contribution in [3.63, 3.8) is 0 Å². The third kappa shape index (κ3) is 4.78. The van der Waals surface area contributed by atoms with Crippen molar-refractivity contribution in [2.45, 2.75) is 49.7 Å². The second-order valence-electron chi connectivity index (χ2n) is 5.42. The van der Waals surface area contributed by atoms with Gasteiger partial charge in [0.25, 0.3) is 0 Å². The van der Waals surface area contributed by atoms with Crippen molar-refractivity contribution >= 4 is 10.0 Å². The van der Waals surface area contributed by atoms with Crippen LogP contribution in [0.25, 0.3) is 0 Å². The van der Waals surface area contributed by atoms with E-state index >= 15 is 0 Å². The minimum atomic E-state index is -3.51. The summed E-state index contributed by atoms with van der Waals surface area (Å²) in [6, 6.07) is 6.24. The molecule has 21 heavy (non-hydrogen) atoms. The number of sulfonamides is 1. The Balaban J connectivity index is 1.83. The molecule has 0 radical (unpaired) electrons. The third-order valence-electron chi connectivity index (χ3n) is 3.72. The highest BCUT2D eigenvalue weighted by Crippen LogP contribution is 2.20. The van der Waals surface area contributed by atoms with Crippen LogP contribution in [0, 0.1) is 0 Å². The molecule has 0 bridgehead atoms. The molecule has 0 saturated heterocycles. The van der Waals surface area contributed by atoms with Crippen molar-refractivity contribution in [3.05, 3.63) is 29.8 Å². The summed E-state index contributed by atoms with van der Waals surface area (Å²) in [5.74, 6) is 0. The van der Waals surface area contributed by atoms with Crippen LogP contribution in [0.1, 0.15) is 44.3 Å². The Labute approximate surface area is 126 Å². The van der Waals surface area contributed by atoms with Gasteiger partial charge in [-0.3, -0.25) is 0 Å². The van der Waals surface area contributed by atoms with Crippen LogP contribution in [0.15, 0.2) is 29.2 Å². The molecule has 2 N–H and O–H groups in total. The Hall–Kier alpha value is -0.950. The van der Waals surface area contributed by atoms with E-state index in [0.717, 1.165) is 12.8 Å². The van der Waals surface area contributed by atoms with Crippen LogP contribution in [0.3, 0.4) is 0 Å². The van der Waals surface area contributed by atoms with Gasteiger partial charge in [0.2, 0.25) is 10.0 Å². The predicted octanol–water partition coefficient (Wildman–Crippen LogP) is 1.98. The van der Waals surface area contributed by atoms with Crippen molar-refractivity contribution < 1.29 is 18.3 Å². The molecule has 118 valence electrons. The van der Waals surface area contributed by atoms with E-state index in [1.165, 1.54) is 25.0 Å². The number of hydrogen-bond acceptors (Lipinski definition) is 4. The summed E-state index contributed by atoms with van der Waals surface area (Å²) in [5, 5.41) is 9.41. The molecule has 1 unspecified atom stereocenters. The van der Waals surface area contributed by atoms with Crippen molar-refractivity contribution in [1.29, 1.82) is 0 Å². The summed E-state index contributed by atoms with van der Waals surface area (Å²) in [6.07, 6.45) is 4.24. The fourth-order valence-electron chi connectivity index (χ4n) is 2.47. The molecule has 1 saturated carbocycles. The maximum Gasteiger partial charge on any atom is 0.240 e. The molecule has 1 atom stereocenters. The summed E-state index contributed by atoms with van der Waals surface area (Å²) in [4.78, 5) is 0.202. The van der Waals surface area contributed by atoms with Gasteiger partial charge in [-0.2, -0.15) is 0 Å². The Morgan fingerprint density at radius 2 is 1.90 bits per heavy atom. The van der Waals surface area contributed by atoms with Crippen molar-refractivity contribution in [2.24, 2.45) is 0 Å². The number of aliphatic hydroxyl groups is 1. The summed E-state index contributed by atoms with van der Waals surface area (Å²) in [6.45, 7) is 2.31. The molecule has 1 aliphatic carbocycles. The summed E-state index contributed by atoms with van der Waals surface area (Å²) in [5.41, 5.74) is 0.693. The second kappa shape index (κ2) is 7.35. The summed E-state index contributed by atoms with van der Waals surface area (Å²) >= 11 is 0. The van der Waals surface area contributed by atoms with E-state index in [4.69, 9.17) is 4.74 Å². The summed E-state index contributed by atoms with van der Waals surface area (Å²) in [7, 11) is -3.51. The molecular formula is C15H23NO4S. The molecule has 0 aromatic heterocycles. The molecule has 0 heterocycles. The molecule has 1 aliphatic rings. The Kier molecular flexibility index (Phi) is 5.75. The van der Waals surface area contributed by atoms with E-state index in [0.29, 0.717) is 18.3 Å². The van der Waals surface area contributed by atoms with Crippen molar-refractivity contribution in [1.82, 2.24) is 4.72 Å². The molecule has 1 aromatic rings. The van der Waals surface area contributed by atoms with E-state index in [1.54, 1.807) is 19.1 Å². The number of hydrogen-bond donors (Lipinski definition) is 2. The average molecular weight is 313 g/mol. The van der Waals surface area contributed by atoms with E-state index in [9.17, 15) is 13.5 Å². The van der Waals surface area contributed by atoms with Crippen molar-refractivity contribution in [2.75, 3.05) is 13.2 Å². The third-order valence-corrected chi connectivity index (χ3v) is 5.20. The van der Waals surface area contributed by atoms with Crippen molar-refractivity contribution in [3.8, 4) is 0 Å². The van der Waals surface area contributed by atoms with Crippen LogP contribution in [0.5, 0.6) is 0 Å². The zero-order chi connectivity index (χ0) is 15.3. The molecule has 6 heteroatoms. The highest BCUT2D eigenvalue weighted by Gasteiger charge is 2.17. The first-order valence-corrected chi connectivity index (χ1v) is 8.86. The Morgan fingerprint density at radius 1 is 1.29 bits per heavy atom. The lowest BCUT2D eigenvalue weighted by molar-refractivity contribution is 0.0626. The molecule has 0 spiro atoms. The Morgan fingerprint density at radius 3 is 2.48 bits per heavy atom. The first-order chi connectivity index (χ1) is 9.99. The largest absolute Gasteiger partial charge is 0.389 e. The molecule has 1 fully saturated rings. The second-order valence-corrected chi connectivity index (χ2v) is 7.19. The van der Waals surface area contributed by atoms with Gasteiger partial charge in [-0.05, 0) is 37.5 Å². The van der Waals surface area contributed by atoms with Crippen LogP contribution in [0.4, 0.5) is 0 Å². The number of nitrogens with one attached hydrogen (secondary N) is 1. The zero-order valence-corrected chi connectivity index (χ0v) is 13.1. The first-order valence-electron chi connectivity index (χ1n) is 7.38. The molecule has 5 nitrogen and oxygen atoms in total. The van der Waals surface area contributed by atoms with Gasteiger partial charge in [0, 0.05) is 6.54 Å². The monoisotopic (exact) mass is 313 g/mol. The molecular weight excluding hydrogens is 290 g/mol. The topological polar surface area (TPSA) is 75.6 Å². The van der Waals surface area contributed by atoms with E-state index in [2.05, 4.69) is 4.72 Å². The zero-order valence-electron chi connectivity index (χ0n) is 12.3. The smallest absolute Gasteiger partial charge is 0.240 e. The van der Waals surface area contributed by atoms with Gasteiger partial charge in [0.1, 0.15) is 0 Å². The maximum atomic E-state index is 12.1.